The summed E-state index contributed by atoms with van der Waals surface area (Å²) in [6, 6.07) is 25.7. The van der Waals surface area contributed by atoms with E-state index < -0.39 is 0 Å². The van der Waals surface area contributed by atoms with E-state index in [2.05, 4.69) is 127 Å². The summed E-state index contributed by atoms with van der Waals surface area (Å²) < 4.78 is 7.03. The Kier molecular flexibility index (Phi) is 4.46. The van der Waals surface area contributed by atoms with Crippen LogP contribution in [-0.2, 0) is 12.5 Å². The molecule has 2 heterocycles. The average molecular weight is 371 g/mol. The van der Waals surface area contributed by atoms with Gasteiger partial charge in [-0.2, -0.15) is 0 Å². The molecule has 0 spiro atoms. The Morgan fingerprint density at radius 3 is 1.93 bits per heavy atom. The van der Waals surface area contributed by atoms with Crippen molar-refractivity contribution < 1.29 is 4.57 Å². The highest BCUT2D eigenvalue weighted by atomic mass is 15.2. The van der Waals surface area contributed by atoms with Crippen LogP contribution in [0.4, 0.5) is 0 Å². The molecule has 0 amide bonds. The average Bonchev–Trinajstić information content (AvgIpc) is 3.23. The summed E-state index contributed by atoms with van der Waals surface area (Å²) in [6.45, 7) is 9.09. The molecule has 0 aliphatic carbocycles. The molecule has 2 aromatic heterocycles. The molecule has 28 heavy (non-hydrogen) atoms. The first-order valence-electron chi connectivity index (χ1n) is 9.80. The maximum Gasteiger partial charge on any atom is 0.232 e. The maximum absolute atomic E-state index is 2.43. The number of hydrogen-bond acceptors (Lipinski definition) is 0. The Bertz CT molecular complexity index is 1090. The number of aryl methyl sites for hydroxylation is 1. The maximum atomic E-state index is 2.43. The Hall–Kier alpha value is -3.07. The van der Waals surface area contributed by atoms with Gasteiger partial charge in [0.15, 0.2) is 0 Å². The Balaban J connectivity index is 2.18. The van der Waals surface area contributed by atoms with Gasteiger partial charge in [-0.25, -0.2) is 9.13 Å². The lowest BCUT2D eigenvalue weighted by molar-refractivity contribution is -0.619. The molecule has 4 rings (SSSR count). The summed E-state index contributed by atoms with van der Waals surface area (Å²) in [5, 5.41) is 0. The SMILES string of the molecule is Cc1c(-c2ccccc2)n(-c2ccccc2)c(C(C)(C)C)[n+]1-c1cccn1C. The fourth-order valence-electron chi connectivity index (χ4n) is 4.03. The lowest BCUT2D eigenvalue weighted by Crippen LogP contribution is -2.44. The molecule has 142 valence electrons. The van der Waals surface area contributed by atoms with E-state index in [4.69, 9.17) is 0 Å². The molecule has 0 aliphatic heterocycles. The van der Waals surface area contributed by atoms with E-state index in [1.165, 1.54) is 34.3 Å². The van der Waals surface area contributed by atoms with Gasteiger partial charge in [0.1, 0.15) is 17.1 Å². The number of aromatic nitrogens is 3. The lowest BCUT2D eigenvalue weighted by Gasteiger charge is -2.20. The van der Waals surface area contributed by atoms with Crippen molar-refractivity contribution >= 4 is 0 Å². The molecule has 0 unspecified atom stereocenters. The summed E-state index contributed by atoms with van der Waals surface area (Å²) in [5.74, 6) is 2.44. The van der Waals surface area contributed by atoms with Crippen molar-refractivity contribution in [2.75, 3.05) is 0 Å². The van der Waals surface area contributed by atoms with Gasteiger partial charge in [0.2, 0.25) is 11.6 Å². The van der Waals surface area contributed by atoms with Crippen molar-refractivity contribution in [3.8, 4) is 22.8 Å². The molecule has 0 atom stereocenters. The highest BCUT2D eigenvalue weighted by Crippen LogP contribution is 2.33. The summed E-state index contributed by atoms with van der Waals surface area (Å²) in [6.07, 6.45) is 2.11. The lowest BCUT2D eigenvalue weighted by atomic mass is 9.95. The van der Waals surface area contributed by atoms with Crippen LogP contribution in [0.2, 0.25) is 0 Å². The molecule has 0 N–H and O–H groups in total. The van der Waals surface area contributed by atoms with Crippen molar-refractivity contribution in [2.24, 2.45) is 7.05 Å². The standard InChI is InChI=1S/C25H28N3/c1-19-23(20-13-8-6-9-14-20)28(21-15-10-7-11-16-21)24(25(2,3)4)27(19)22-17-12-18-26(22)5/h6-18H,1-5H3/q+1. The Labute approximate surface area is 167 Å². The summed E-state index contributed by atoms with van der Waals surface area (Å²) in [4.78, 5) is 0. The number of benzene rings is 2. The zero-order valence-electron chi connectivity index (χ0n) is 17.3. The molecule has 0 aliphatic rings. The first-order valence-corrected chi connectivity index (χ1v) is 9.80. The van der Waals surface area contributed by atoms with Gasteiger partial charge in [0.05, 0.1) is 13.2 Å². The monoisotopic (exact) mass is 370 g/mol. The smallest absolute Gasteiger partial charge is 0.232 e. The van der Waals surface area contributed by atoms with Crippen molar-refractivity contribution in [3.63, 3.8) is 0 Å². The van der Waals surface area contributed by atoms with E-state index in [9.17, 15) is 0 Å². The van der Waals surface area contributed by atoms with Crippen LogP contribution in [0.15, 0.2) is 79.0 Å². The molecule has 3 heteroatoms. The van der Waals surface area contributed by atoms with Gasteiger partial charge in [-0.15, -0.1) is 0 Å². The number of nitrogens with zero attached hydrogens (tertiary/aromatic N) is 3. The highest BCUT2D eigenvalue weighted by molar-refractivity contribution is 5.65. The second-order valence-electron chi connectivity index (χ2n) is 8.36. The topological polar surface area (TPSA) is 13.7 Å². The quantitative estimate of drug-likeness (QED) is 0.431. The molecule has 4 aromatic rings. The summed E-state index contributed by atoms with van der Waals surface area (Å²) >= 11 is 0. The highest BCUT2D eigenvalue weighted by Gasteiger charge is 2.36. The molecule has 3 nitrogen and oxygen atoms in total. The number of para-hydroxylation sites is 1. The van der Waals surface area contributed by atoms with Crippen LogP contribution in [0.3, 0.4) is 0 Å². The summed E-state index contributed by atoms with van der Waals surface area (Å²) in [7, 11) is 2.11. The first kappa shape index (κ1) is 18.3. The minimum atomic E-state index is -0.0576. The molecular weight excluding hydrogens is 342 g/mol. The summed E-state index contributed by atoms with van der Waals surface area (Å²) in [5.41, 5.74) is 4.82. The fraction of sp³-hybridized carbons (Fsp3) is 0.240. The molecular formula is C25H28N3+. The Morgan fingerprint density at radius 2 is 1.39 bits per heavy atom. The molecule has 0 saturated carbocycles. The van der Waals surface area contributed by atoms with E-state index in [0.29, 0.717) is 0 Å². The van der Waals surface area contributed by atoms with Gasteiger partial charge in [-0.05, 0) is 25.1 Å². The zero-order chi connectivity index (χ0) is 19.9. The fourth-order valence-corrected chi connectivity index (χ4v) is 4.03. The first-order chi connectivity index (χ1) is 13.4. The van der Waals surface area contributed by atoms with Crippen LogP contribution >= 0.6 is 0 Å². The largest absolute Gasteiger partial charge is 0.269 e. The van der Waals surface area contributed by atoms with E-state index >= 15 is 0 Å². The number of hydrogen-bond donors (Lipinski definition) is 0. The van der Waals surface area contributed by atoms with E-state index in [0.717, 1.165) is 0 Å². The van der Waals surface area contributed by atoms with E-state index in [1.807, 2.05) is 0 Å². The molecule has 0 saturated heterocycles. The zero-order valence-corrected chi connectivity index (χ0v) is 17.3. The van der Waals surface area contributed by atoms with E-state index in [-0.39, 0.29) is 5.41 Å². The van der Waals surface area contributed by atoms with Gasteiger partial charge in [0, 0.05) is 17.0 Å². The normalized spacial score (nSPS) is 11.8. The third kappa shape index (κ3) is 2.97. The van der Waals surface area contributed by atoms with Crippen LogP contribution in [0, 0.1) is 6.92 Å². The van der Waals surface area contributed by atoms with Crippen molar-refractivity contribution in [3.05, 3.63) is 90.5 Å². The van der Waals surface area contributed by atoms with Gasteiger partial charge >= 0.3 is 0 Å². The van der Waals surface area contributed by atoms with Crippen molar-refractivity contribution in [2.45, 2.75) is 33.1 Å². The van der Waals surface area contributed by atoms with Crippen molar-refractivity contribution in [1.29, 1.82) is 0 Å². The van der Waals surface area contributed by atoms with Crippen LogP contribution < -0.4 is 4.57 Å². The Morgan fingerprint density at radius 1 is 0.786 bits per heavy atom. The van der Waals surface area contributed by atoms with Gasteiger partial charge < -0.3 is 0 Å². The minimum Gasteiger partial charge on any atom is -0.269 e. The predicted molar refractivity (Wildman–Crippen MR) is 115 cm³/mol. The van der Waals surface area contributed by atoms with Crippen LogP contribution in [0.5, 0.6) is 0 Å². The van der Waals surface area contributed by atoms with Crippen molar-refractivity contribution in [1.82, 2.24) is 9.13 Å². The molecule has 2 aromatic carbocycles. The van der Waals surface area contributed by atoms with Crippen LogP contribution in [-0.4, -0.2) is 9.13 Å². The molecule has 0 bridgehead atoms. The third-order valence-electron chi connectivity index (χ3n) is 5.20. The van der Waals surface area contributed by atoms with Gasteiger partial charge in [-0.1, -0.05) is 69.3 Å². The minimum absolute atomic E-state index is 0.0576. The molecule has 0 fully saturated rings. The van der Waals surface area contributed by atoms with Crippen LogP contribution in [0.1, 0.15) is 32.3 Å². The number of imidazole rings is 1. The number of rotatable bonds is 3. The third-order valence-corrected chi connectivity index (χ3v) is 5.20. The van der Waals surface area contributed by atoms with Gasteiger partial charge in [-0.3, -0.25) is 4.57 Å². The van der Waals surface area contributed by atoms with E-state index in [1.54, 1.807) is 0 Å². The second-order valence-corrected chi connectivity index (χ2v) is 8.36. The van der Waals surface area contributed by atoms with Crippen LogP contribution in [0.25, 0.3) is 22.8 Å². The van der Waals surface area contributed by atoms with Gasteiger partial charge in [0.25, 0.3) is 0 Å². The molecule has 0 radical (unpaired) electrons. The predicted octanol–water partition coefficient (Wildman–Crippen LogP) is 5.37. The second kappa shape index (κ2) is 6.83.